The van der Waals surface area contributed by atoms with E-state index in [1.165, 1.54) is 24.2 Å². The van der Waals surface area contributed by atoms with Crippen molar-refractivity contribution in [3.8, 4) is 28.4 Å². The number of aromatic nitrogens is 3. The molecule has 0 spiro atoms. The third-order valence-corrected chi connectivity index (χ3v) is 8.53. The first-order valence-electron chi connectivity index (χ1n) is 15.7. The summed E-state index contributed by atoms with van der Waals surface area (Å²) in [4.78, 5) is 63.2. The molecule has 3 aliphatic heterocycles. The molecule has 248 valence electrons. The number of rotatable bonds is 3. The Morgan fingerprint density at radius 3 is 2.67 bits per heavy atom. The first-order chi connectivity index (χ1) is 23.8. The highest BCUT2D eigenvalue weighted by molar-refractivity contribution is 5.95. The van der Waals surface area contributed by atoms with Gasteiger partial charge in [-0.2, -0.15) is 0 Å². The molecule has 5 aromatic rings. The summed E-state index contributed by atoms with van der Waals surface area (Å²) in [6.07, 6.45) is 3.82. The zero-order valence-corrected chi connectivity index (χ0v) is 26.5. The van der Waals surface area contributed by atoms with Gasteiger partial charge >= 0.3 is 0 Å². The number of hydrogen-bond acceptors (Lipinski definition) is 9. The molecule has 1 saturated heterocycles. The number of pyridine rings is 1. The van der Waals surface area contributed by atoms with Crippen LogP contribution in [0.2, 0.25) is 0 Å². The van der Waals surface area contributed by atoms with Gasteiger partial charge in [0.1, 0.15) is 29.9 Å². The van der Waals surface area contributed by atoms with Crippen LogP contribution in [0.25, 0.3) is 22.0 Å². The van der Waals surface area contributed by atoms with E-state index in [4.69, 9.17) is 14.2 Å². The fourth-order valence-corrected chi connectivity index (χ4v) is 5.95. The molecular formula is C36H32N6O7. The second-order valence-corrected chi connectivity index (χ2v) is 11.8. The van der Waals surface area contributed by atoms with Crippen molar-refractivity contribution in [3.63, 3.8) is 0 Å². The summed E-state index contributed by atoms with van der Waals surface area (Å²) < 4.78 is 19.0. The van der Waals surface area contributed by atoms with Gasteiger partial charge in [-0.1, -0.05) is 24.3 Å². The molecule has 0 aliphatic carbocycles. The molecular weight excluding hydrogens is 628 g/mol. The third-order valence-electron chi connectivity index (χ3n) is 8.53. The summed E-state index contributed by atoms with van der Waals surface area (Å²) in [5, 5.41) is 6.31. The summed E-state index contributed by atoms with van der Waals surface area (Å²) in [5.41, 5.74) is 2.67. The molecule has 2 aromatic heterocycles. The van der Waals surface area contributed by atoms with E-state index in [0.29, 0.717) is 44.8 Å². The lowest BCUT2D eigenvalue weighted by molar-refractivity contribution is -0.131. The number of nitrogens with zero attached hydrogens (tertiary/aromatic N) is 4. The van der Waals surface area contributed by atoms with Crippen LogP contribution in [-0.2, 0) is 22.7 Å². The molecule has 6 bridgehead atoms. The summed E-state index contributed by atoms with van der Waals surface area (Å²) in [6, 6.07) is 20.4. The lowest BCUT2D eigenvalue weighted by atomic mass is 10.1. The van der Waals surface area contributed by atoms with Crippen LogP contribution in [-0.4, -0.2) is 76.1 Å². The van der Waals surface area contributed by atoms with Crippen LogP contribution in [0.5, 0.6) is 17.2 Å². The number of likely N-dealkylation sites (tertiary alicyclic amines) is 1. The Kier molecular flexibility index (Phi) is 8.62. The molecule has 2 N–H and O–H groups in total. The van der Waals surface area contributed by atoms with E-state index < -0.39 is 18.1 Å². The standard InChI is InChI=1S/C36H32N6O7/c1-47-31-13-27-10-9-23(31)16-38-33(43)20-48-26-6-4-5-22(12-26)24-11-25(15-37-14-24)35(45)40-30-17-41(18-32(30)49-27)34(44)19-42-21-39-29-8-3-2-7-28(29)36(42)46/h2-15,21,30,32H,16-20H2,1H3,(H,38,43)(H,40,45)/t30-,32-/m0/s1. The average molecular weight is 661 g/mol. The lowest BCUT2D eigenvalue weighted by Gasteiger charge is -2.22. The van der Waals surface area contributed by atoms with Crippen LogP contribution in [0.3, 0.4) is 0 Å². The largest absolute Gasteiger partial charge is 0.496 e. The van der Waals surface area contributed by atoms with Crippen LogP contribution < -0.4 is 30.4 Å². The predicted octanol–water partition coefficient (Wildman–Crippen LogP) is 2.56. The molecule has 2 atom stereocenters. The molecule has 13 nitrogen and oxygen atoms in total. The molecule has 0 saturated carbocycles. The highest BCUT2D eigenvalue weighted by Crippen LogP contribution is 2.28. The van der Waals surface area contributed by atoms with E-state index in [1.807, 2.05) is 6.07 Å². The van der Waals surface area contributed by atoms with E-state index in [1.54, 1.807) is 77.8 Å². The smallest absolute Gasteiger partial charge is 0.261 e. The molecule has 0 radical (unpaired) electrons. The molecule has 0 unspecified atom stereocenters. The van der Waals surface area contributed by atoms with Gasteiger partial charge in [-0.05, 0) is 48.0 Å². The predicted molar refractivity (Wildman–Crippen MR) is 178 cm³/mol. The molecule has 1 fully saturated rings. The van der Waals surface area contributed by atoms with Crippen molar-refractivity contribution < 1.29 is 28.6 Å². The van der Waals surface area contributed by atoms with E-state index >= 15 is 0 Å². The molecule has 3 amide bonds. The van der Waals surface area contributed by atoms with Gasteiger partial charge in [-0.25, -0.2) is 4.98 Å². The maximum absolute atomic E-state index is 13.7. The first-order valence-corrected chi connectivity index (χ1v) is 15.7. The maximum atomic E-state index is 13.7. The van der Waals surface area contributed by atoms with Crippen molar-refractivity contribution in [2.24, 2.45) is 0 Å². The summed E-state index contributed by atoms with van der Waals surface area (Å²) in [7, 11) is 1.52. The molecule has 13 heteroatoms. The highest BCUT2D eigenvalue weighted by atomic mass is 16.5. The minimum absolute atomic E-state index is 0.138. The van der Waals surface area contributed by atoms with E-state index in [2.05, 4.69) is 20.6 Å². The molecule has 5 heterocycles. The first kappa shape index (κ1) is 31.4. The number of carbonyl (C=O) groups excluding carboxylic acids is 3. The Hall–Kier alpha value is -6.24. The van der Waals surface area contributed by atoms with Crippen molar-refractivity contribution in [1.29, 1.82) is 0 Å². The van der Waals surface area contributed by atoms with Crippen LogP contribution in [0.4, 0.5) is 0 Å². The van der Waals surface area contributed by atoms with Crippen molar-refractivity contribution >= 4 is 28.6 Å². The Labute approximate surface area is 280 Å². The fourth-order valence-electron chi connectivity index (χ4n) is 5.95. The van der Waals surface area contributed by atoms with Crippen molar-refractivity contribution in [1.82, 2.24) is 30.1 Å². The number of fused-ring (bicyclic) bond motifs is 8. The number of nitrogens with one attached hydrogen (secondary N) is 2. The van der Waals surface area contributed by atoms with Crippen LogP contribution >= 0.6 is 0 Å². The van der Waals surface area contributed by atoms with Gasteiger partial charge in [0.25, 0.3) is 17.4 Å². The minimum atomic E-state index is -0.648. The third kappa shape index (κ3) is 6.77. The Morgan fingerprint density at radius 2 is 1.80 bits per heavy atom. The monoisotopic (exact) mass is 660 g/mol. The Bertz CT molecular complexity index is 2130. The second-order valence-electron chi connectivity index (χ2n) is 11.8. The SMILES string of the molecule is COc1cc2ccc1CNC(=O)COc1cccc(c1)-c1cncc(c1)C(=O)N[C@H]1CN(C(=O)Cn3cnc4ccccc4c3=O)C[C@@H]1O2. The zero-order valence-electron chi connectivity index (χ0n) is 26.5. The van der Waals surface area contributed by atoms with Gasteiger partial charge in [-0.15, -0.1) is 0 Å². The van der Waals surface area contributed by atoms with Gasteiger partial charge < -0.3 is 29.7 Å². The van der Waals surface area contributed by atoms with Crippen LogP contribution in [0.15, 0.2) is 96.3 Å². The van der Waals surface area contributed by atoms with Crippen molar-refractivity contribution in [2.45, 2.75) is 25.2 Å². The van der Waals surface area contributed by atoms with Crippen molar-refractivity contribution in [3.05, 3.63) is 113 Å². The van der Waals surface area contributed by atoms with Crippen molar-refractivity contribution in [2.75, 3.05) is 26.8 Å². The summed E-state index contributed by atoms with van der Waals surface area (Å²) in [5.74, 6) is 0.367. The highest BCUT2D eigenvalue weighted by Gasteiger charge is 2.38. The van der Waals surface area contributed by atoms with E-state index in [-0.39, 0.29) is 50.2 Å². The Morgan fingerprint density at radius 1 is 0.939 bits per heavy atom. The quantitative estimate of drug-likeness (QED) is 0.297. The minimum Gasteiger partial charge on any atom is -0.496 e. The van der Waals surface area contributed by atoms with Crippen LogP contribution in [0.1, 0.15) is 15.9 Å². The zero-order chi connectivity index (χ0) is 33.9. The topological polar surface area (TPSA) is 154 Å². The number of benzene rings is 3. The van der Waals surface area contributed by atoms with Gasteiger partial charge in [-0.3, -0.25) is 28.7 Å². The average Bonchev–Trinajstić information content (AvgIpc) is 3.52. The number of amides is 3. The lowest BCUT2D eigenvalue weighted by Crippen LogP contribution is -2.45. The van der Waals surface area contributed by atoms with E-state index in [9.17, 15) is 19.2 Å². The van der Waals surface area contributed by atoms with Gasteiger partial charge in [0.2, 0.25) is 5.91 Å². The molecule has 8 rings (SSSR count). The Balaban J connectivity index is 1.19. The number of ether oxygens (including phenoxy) is 3. The number of para-hydroxylation sites is 1. The van der Waals surface area contributed by atoms with Gasteiger partial charge in [0.05, 0.1) is 42.5 Å². The fraction of sp³-hybridized carbons (Fsp3) is 0.222. The van der Waals surface area contributed by atoms with E-state index in [0.717, 1.165) is 5.56 Å². The summed E-state index contributed by atoms with van der Waals surface area (Å²) >= 11 is 0. The second kappa shape index (κ2) is 13.5. The normalized spacial score (nSPS) is 17.7. The molecule has 49 heavy (non-hydrogen) atoms. The summed E-state index contributed by atoms with van der Waals surface area (Å²) in [6.45, 7) is 0.0477. The van der Waals surface area contributed by atoms with Gasteiger partial charge in [0, 0.05) is 42.7 Å². The molecule has 3 aliphatic rings. The molecule has 3 aromatic carbocycles. The number of carbonyl (C=O) groups is 3. The van der Waals surface area contributed by atoms with Gasteiger partial charge in [0.15, 0.2) is 6.61 Å². The van der Waals surface area contributed by atoms with Crippen LogP contribution in [0, 0.1) is 0 Å². The maximum Gasteiger partial charge on any atom is 0.261 e. The number of hydrogen-bond donors (Lipinski definition) is 2. The number of methoxy groups -OCH3 is 1.